The largest absolute Gasteiger partial charge is 0.494 e. The normalized spacial score (nSPS) is 21.6. The Morgan fingerprint density at radius 1 is 0.946 bits per heavy atom. The molecule has 6 rings (SSSR count). The summed E-state index contributed by atoms with van der Waals surface area (Å²) in [5.41, 5.74) is 2.61. The lowest BCUT2D eigenvalue weighted by molar-refractivity contribution is -0.132. The molecule has 0 radical (unpaired) electrons. The van der Waals surface area contributed by atoms with Gasteiger partial charge in [-0.3, -0.25) is 9.59 Å². The molecular formula is C29H25NO7. The van der Waals surface area contributed by atoms with Gasteiger partial charge in [0.05, 0.1) is 6.61 Å². The monoisotopic (exact) mass is 499 g/mol. The number of rotatable bonds is 6. The molecule has 1 aliphatic carbocycles. The third-order valence-corrected chi connectivity index (χ3v) is 7.03. The van der Waals surface area contributed by atoms with Gasteiger partial charge in [0, 0.05) is 11.5 Å². The summed E-state index contributed by atoms with van der Waals surface area (Å²) in [4.78, 5) is 41.9. The van der Waals surface area contributed by atoms with Crippen LogP contribution in [0, 0.1) is 5.92 Å². The van der Waals surface area contributed by atoms with Crippen molar-refractivity contribution in [1.29, 1.82) is 0 Å². The van der Waals surface area contributed by atoms with E-state index in [9.17, 15) is 14.4 Å². The van der Waals surface area contributed by atoms with E-state index in [4.69, 9.17) is 18.9 Å². The number of amides is 2. The van der Waals surface area contributed by atoms with Crippen molar-refractivity contribution in [3.05, 3.63) is 89.0 Å². The fourth-order valence-corrected chi connectivity index (χ4v) is 5.30. The van der Waals surface area contributed by atoms with Gasteiger partial charge < -0.3 is 18.9 Å². The molecule has 188 valence electrons. The number of cyclic esters (lactones) is 1. The topological polar surface area (TPSA) is 91.4 Å². The van der Waals surface area contributed by atoms with Gasteiger partial charge in [0.1, 0.15) is 24.3 Å². The molecule has 8 heteroatoms. The van der Waals surface area contributed by atoms with Crippen molar-refractivity contribution in [1.82, 2.24) is 4.90 Å². The van der Waals surface area contributed by atoms with E-state index in [0.29, 0.717) is 35.0 Å². The Kier molecular flexibility index (Phi) is 5.79. The molecule has 3 aromatic carbocycles. The van der Waals surface area contributed by atoms with E-state index in [0.717, 1.165) is 22.4 Å². The van der Waals surface area contributed by atoms with Gasteiger partial charge in [0.2, 0.25) is 12.7 Å². The maximum absolute atomic E-state index is 14.1. The van der Waals surface area contributed by atoms with Gasteiger partial charge in [-0.05, 0) is 47.4 Å². The molecule has 3 aromatic rings. The summed E-state index contributed by atoms with van der Waals surface area (Å²) >= 11 is 0. The highest BCUT2D eigenvalue weighted by Crippen LogP contribution is 2.47. The number of hydrogen-bond acceptors (Lipinski definition) is 7. The molecule has 1 fully saturated rings. The molecule has 8 nitrogen and oxygen atoms in total. The fraction of sp³-hybridized carbons (Fsp3) is 0.276. The van der Waals surface area contributed by atoms with E-state index < -0.39 is 29.9 Å². The predicted octanol–water partition coefficient (Wildman–Crippen LogP) is 4.87. The van der Waals surface area contributed by atoms with E-state index >= 15 is 0 Å². The maximum Gasteiger partial charge on any atom is 0.417 e. The molecule has 1 saturated heterocycles. The summed E-state index contributed by atoms with van der Waals surface area (Å²) in [7, 11) is 0. The summed E-state index contributed by atoms with van der Waals surface area (Å²) in [6.45, 7) is 2.66. The molecule has 37 heavy (non-hydrogen) atoms. The Morgan fingerprint density at radius 3 is 2.57 bits per heavy atom. The van der Waals surface area contributed by atoms with E-state index in [1.165, 1.54) is 0 Å². The molecule has 2 amide bonds. The molecule has 0 aromatic heterocycles. The van der Waals surface area contributed by atoms with Crippen LogP contribution in [0.5, 0.6) is 17.2 Å². The van der Waals surface area contributed by atoms with E-state index in [1.807, 2.05) is 55.5 Å². The minimum atomic E-state index is -1.14. The van der Waals surface area contributed by atoms with Crippen molar-refractivity contribution < 1.29 is 33.3 Å². The van der Waals surface area contributed by atoms with E-state index in [-0.39, 0.29) is 19.2 Å². The molecule has 0 unspecified atom stereocenters. The van der Waals surface area contributed by atoms with Crippen LogP contribution in [0.3, 0.4) is 0 Å². The molecule has 0 spiro atoms. The first-order valence-corrected chi connectivity index (χ1v) is 12.3. The first kappa shape index (κ1) is 23.1. The van der Waals surface area contributed by atoms with Gasteiger partial charge in [-0.15, -0.1) is 0 Å². The standard InChI is InChI=1S/C29H25NO7/c1-2-12-34-19-9-10-20-21(14-19)27(31)26(25(20)18-8-11-23-24(13-18)37-16-36-23)28(32)30-22(15-35-29(30)33)17-6-4-3-5-7-17/h3-11,13-14,22,25-26H,2,12,15-16H2,1H3/t22-,25+,26-/m1/s1. The highest BCUT2D eigenvalue weighted by molar-refractivity contribution is 6.17. The van der Waals surface area contributed by atoms with Crippen LogP contribution >= 0.6 is 0 Å². The zero-order chi connectivity index (χ0) is 25.5. The van der Waals surface area contributed by atoms with Gasteiger partial charge in [-0.2, -0.15) is 0 Å². The van der Waals surface area contributed by atoms with Gasteiger partial charge in [-0.25, -0.2) is 9.69 Å². The summed E-state index contributed by atoms with van der Waals surface area (Å²) in [6, 6.07) is 19.3. The number of fused-ring (bicyclic) bond motifs is 2. The molecule has 0 saturated carbocycles. The van der Waals surface area contributed by atoms with Gasteiger partial charge in [0.25, 0.3) is 0 Å². The minimum absolute atomic E-state index is 0.0339. The molecule has 2 heterocycles. The van der Waals surface area contributed by atoms with Gasteiger partial charge >= 0.3 is 6.09 Å². The summed E-state index contributed by atoms with van der Waals surface area (Å²) in [5, 5.41) is 0. The lowest BCUT2D eigenvalue weighted by atomic mass is 9.84. The SMILES string of the molecule is CCCOc1ccc2c(c1)C(=O)[C@H](C(=O)N1C(=O)OC[C@@H]1c1ccccc1)[C@H]2c1ccc2c(c1)OCO2. The third kappa shape index (κ3) is 3.89. The highest BCUT2D eigenvalue weighted by Gasteiger charge is 2.51. The molecule has 0 bridgehead atoms. The van der Waals surface area contributed by atoms with Crippen molar-refractivity contribution >= 4 is 17.8 Å². The van der Waals surface area contributed by atoms with Crippen LogP contribution in [-0.4, -0.2) is 42.7 Å². The Hall–Kier alpha value is -4.33. The number of hydrogen-bond donors (Lipinski definition) is 0. The van der Waals surface area contributed by atoms with Crippen LogP contribution in [0.15, 0.2) is 66.7 Å². The Morgan fingerprint density at radius 2 is 1.76 bits per heavy atom. The minimum Gasteiger partial charge on any atom is -0.494 e. The Balaban J connectivity index is 1.43. The van der Waals surface area contributed by atoms with Crippen LogP contribution in [0.25, 0.3) is 0 Å². The molecule has 3 atom stereocenters. The number of benzene rings is 3. The summed E-state index contributed by atoms with van der Waals surface area (Å²) in [5.74, 6) is -0.980. The Bertz CT molecular complexity index is 1390. The van der Waals surface area contributed by atoms with Crippen LogP contribution < -0.4 is 14.2 Å². The van der Waals surface area contributed by atoms with Crippen molar-refractivity contribution in [2.75, 3.05) is 20.0 Å². The Labute approximate surface area is 213 Å². The average molecular weight is 500 g/mol. The predicted molar refractivity (Wildman–Crippen MR) is 132 cm³/mol. The first-order chi connectivity index (χ1) is 18.1. The fourth-order valence-electron chi connectivity index (χ4n) is 5.30. The van der Waals surface area contributed by atoms with E-state index in [1.54, 1.807) is 18.2 Å². The number of Topliss-reactive ketones (excluding diaryl/α,β-unsaturated/α-hetero) is 1. The van der Waals surface area contributed by atoms with Gasteiger partial charge in [0.15, 0.2) is 17.3 Å². The highest BCUT2D eigenvalue weighted by atomic mass is 16.7. The number of carbonyl (C=O) groups is 3. The molecule has 3 aliphatic rings. The zero-order valence-electron chi connectivity index (χ0n) is 20.2. The number of ether oxygens (including phenoxy) is 4. The van der Waals surface area contributed by atoms with Crippen molar-refractivity contribution in [3.8, 4) is 17.2 Å². The molecule has 0 N–H and O–H groups in total. The number of ketones is 1. The van der Waals surface area contributed by atoms with Crippen LogP contribution in [0.1, 0.15) is 52.4 Å². The number of carbonyl (C=O) groups excluding carboxylic acids is 3. The van der Waals surface area contributed by atoms with Crippen LogP contribution in [0.4, 0.5) is 4.79 Å². The molecule has 2 aliphatic heterocycles. The quantitative estimate of drug-likeness (QED) is 0.447. The lowest BCUT2D eigenvalue weighted by Crippen LogP contribution is -2.42. The second-order valence-electron chi connectivity index (χ2n) is 9.24. The second-order valence-corrected chi connectivity index (χ2v) is 9.24. The molecular weight excluding hydrogens is 474 g/mol. The lowest BCUT2D eigenvalue weighted by Gasteiger charge is -2.26. The maximum atomic E-state index is 14.1. The van der Waals surface area contributed by atoms with Crippen LogP contribution in [-0.2, 0) is 9.53 Å². The average Bonchev–Trinajstić information content (AvgIpc) is 3.63. The number of nitrogens with zero attached hydrogens (tertiary/aromatic N) is 1. The summed E-state index contributed by atoms with van der Waals surface area (Å²) < 4.78 is 22.1. The van der Waals surface area contributed by atoms with E-state index in [2.05, 4.69) is 0 Å². The van der Waals surface area contributed by atoms with Crippen molar-refractivity contribution in [3.63, 3.8) is 0 Å². The van der Waals surface area contributed by atoms with Crippen molar-refractivity contribution in [2.45, 2.75) is 25.3 Å². The number of imide groups is 1. The first-order valence-electron chi connectivity index (χ1n) is 12.3. The smallest absolute Gasteiger partial charge is 0.417 e. The summed E-state index contributed by atoms with van der Waals surface area (Å²) in [6.07, 6.45) is 0.0724. The second kappa shape index (κ2) is 9.28. The zero-order valence-corrected chi connectivity index (χ0v) is 20.2. The van der Waals surface area contributed by atoms with Gasteiger partial charge in [-0.1, -0.05) is 49.4 Å². The van der Waals surface area contributed by atoms with Crippen molar-refractivity contribution in [2.24, 2.45) is 5.92 Å². The third-order valence-electron chi connectivity index (χ3n) is 7.03. The van der Waals surface area contributed by atoms with Crippen LogP contribution in [0.2, 0.25) is 0 Å².